The van der Waals surface area contributed by atoms with Crippen LogP contribution in [0.4, 0.5) is 5.69 Å². The minimum absolute atomic E-state index is 0.205. The molecule has 0 radical (unpaired) electrons. The topological polar surface area (TPSA) is 72.2 Å². The summed E-state index contributed by atoms with van der Waals surface area (Å²) in [6.07, 6.45) is 0. The summed E-state index contributed by atoms with van der Waals surface area (Å²) in [5.74, 6) is 0. The molecule has 0 aliphatic heterocycles. The van der Waals surface area contributed by atoms with Crippen molar-refractivity contribution in [3.05, 3.63) is 43.0 Å². The predicted octanol–water partition coefficient (Wildman–Crippen LogP) is 3.84. The number of thiophene rings is 1. The van der Waals surface area contributed by atoms with Crippen LogP contribution in [0.2, 0.25) is 0 Å². The summed E-state index contributed by atoms with van der Waals surface area (Å²) in [6, 6.07) is 7.06. The average Bonchev–Trinajstić information content (AvgIpc) is 2.76. The number of benzene rings is 1. The number of sulfonamides is 1. The maximum absolute atomic E-state index is 12.4. The average molecular weight is 440 g/mol. The molecule has 0 unspecified atom stereocenters. The first kappa shape index (κ1) is 16.0. The molecule has 1 heterocycles. The smallest absolute Gasteiger partial charge is 0.263 e. The summed E-state index contributed by atoms with van der Waals surface area (Å²) in [6.45, 7) is 2.21. The first-order valence-electron chi connectivity index (χ1n) is 5.60. The van der Waals surface area contributed by atoms with Crippen LogP contribution < -0.4 is 10.5 Å². The van der Waals surface area contributed by atoms with E-state index in [1.165, 1.54) is 11.3 Å². The van der Waals surface area contributed by atoms with Gasteiger partial charge in [0.2, 0.25) is 0 Å². The number of aryl methyl sites for hydroxylation is 1. The Labute approximate surface area is 138 Å². The zero-order chi connectivity index (χ0) is 14.9. The zero-order valence-corrected chi connectivity index (χ0v) is 15.3. The molecular weight excluding hydrogens is 428 g/mol. The van der Waals surface area contributed by atoms with Crippen molar-refractivity contribution in [3.8, 4) is 0 Å². The summed E-state index contributed by atoms with van der Waals surface area (Å²) in [5, 5.41) is 0. The van der Waals surface area contributed by atoms with Gasteiger partial charge in [-0.05, 0) is 62.5 Å². The molecule has 2 aromatic rings. The Morgan fingerprint density at radius 3 is 2.60 bits per heavy atom. The maximum Gasteiger partial charge on any atom is 0.263 e. The minimum atomic E-state index is -3.64. The molecule has 108 valence electrons. The molecule has 0 fully saturated rings. The van der Waals surface area contributed by atoms with Crippen LogP contribution in [0.5, 0.6) is 0 Å². The van der Waals surface area contributed by atoms with Crippen LogP contribution in [0.3, 0.4) is 0 Å². The van der Waals surface area contributed by atoms with Gasteiger partial charge in [-0.25, -0.2) is 8.42 Å². The van der Waals surface area contributed by atoms with Gasteiger partial charge in [-0.2, -0.15) is 0 Å². The number of nitrogens with one attached hydrogen (secondary N) is 1. The Balaban J connectivity index is 2.40. The van der Waals surface area contributed by atoms with Crippen molar-refractivity contribution in [2.24, 2.45) is 5.73 Å². The van der Waals surface area contributed by atoms with E-state index in [1.54, 1.807) is 18.2 Å². The van der Waals surface area contributed by atoms with Gasteiger partial charge in [-0.3, -0.25) is 4.72 Å². The van der Waals surface area contributed by atoms with Crippen LogP contribution in [-0.2, 0) is 16.6 Å². The number of hydrogen-bond donors (Lipinski definition) is 2. The molecule has 0 aliphatic rings. The fourth-order valence-electron chi connectivity index (χ4n) is 1.60. The van der Waals surface area contributed by atoms with E-state index in [-0.39, 0.29) is 4.90 Å². The van der Waals surface area contributed by atoms with Gasteiger partial charge in [0.25, 0.3) is 10.0 Å². The van der Waals surface area contributed by atoms with E-state index in [2.05, 4.69) is 36.6 Å². The molecule has 1 aromatic carbocycles. The molecule has 8 heteroatoms. The Morgan fingerprint density at radius 2 is 2.00 bits per heavy atom. The third-order valence-electron chi connectivity index (χ3n) is 2.56. The number of hydrogen-bond acceptors (Lipinski definition) is 4. The van der Waals surface area contributed by atoms with Crippen LogP contribution >= 0.6 is 43.2 Å². The number of rotatable bonds is 4. The van der Waals surface area contributed by atoms with Crippen molar-refractivity contribution >= 4 is 58.9 Å². The second-order valence-electron chi connectivity index (χ2n) is 4.14. The SMILES string of the molecule is Cc1ccc(Br)c(NS(=O)(=O)c2cc(CN)sc2Br)c1. The lowest BCUT2D eigenvalue weighted by Crippen LogP contribution is -2.13. The fourth-order valence-corrected chi connectivity index (χ4v) is 5.71. The van der Waals surface area contributed by atoms with E-state index in [1.807, 2.05) is 13.0 Å². The van der Waals surface area contributed by atoms with Gasteiger partial charge >= 0.3 is 0 Å². The van der Waals surface area contributed by atoms with Gasteiger partial charge in [0.05, 0.1) is 9.47 Å². The molecule has 0 atom stereocenters. The van der Waals surface area contributed by atoms with E-state index >= 15 is 0 Å². The monoisotopic (exact) mass is 438 g/mol. The number of nitrogens with two attached hydrogens (primary N) is 1. The molecular formula is C12H12Br2N2O2S2. The van der Waals surface area contributed by atoms with Crippen LogP contribution in [0.1, 0.15) is 10.4 Å². The highest BCUT2D eigenvalue weighted by Crippen LogP contribution is 2.34. The summed E-state index contributed by atoms with van der Waals surface area (Å²) >= 11 is 7.93. The van der Waals surface area contributed by atoms with Crippen molar-refractivity contribution in [1.29, 1.82) is 0 Å². The Morgan fingerprint density at radius 1 is 1.30 bits per heavy atom. The van der Waals surface area contributed by atoms with Crippen LogP contribution in [-0.4, -0.2) is 8.42 Å². The Hall–Kier alpha value is -0.410. The molecule has 20 heavy (non-hydrogen) atoms. The van der Waals surface area contributed by atoms with Gasteiger partial charge in [-0.15, -0.1) is 11.3 Å². The van der Waals surface area contributed by atoms with Crippen molar-refractivity contribution in [3.63, 3.8) is 0 Å². The van der Waals surface area contributed by atoms with Crippen LogP contribution in [0.15, 0.2) is 37.4 Å². The summed E-state index contributed by atoms with van der Waals surface area (Å²) in [4.78, 5) is 1.01. The van der Waals surface area contributed by atoms with Crippen molar-refractivity contribution in [2.75, 3.05) is 4.72 Å². The molecule has 0 amide bonds. The molecule has 0 saturated carbocycles. The molecule has 0 bridgehead atoms. The van der Waals surface area contributed by atoms with E-state index in [0.717, 1.165) is 10.4 Å². The predicted molar refractivity (Wildman–Crippen MR) is 89.6 cm³/mol. The van der Waals surface area contributed by atoms with Crippen molar-refractivity contribution in [1.82, 2.24) is 0 Å². The Kier molecular flexibility index (Phi) is 4.91. The lowest BCUT2D eigenvalue weighted by molar-refractivity contribution is 0.601. The highest BCUT2D eigenvalue weighted by molar-refractivity contribution is 9.11. The first-order valence-corrected chi connectivity index (χ1v) is 9.49. The molecule has 0 aliphatic carbocycles. The number of anilines is 1. The third-order valence-corrected chi connectivity index (χ3v) is 6.89. The second kappa shape index (κ2) is 6.15. The molecule has 2 rings (SSSR count). The van der Waals surface area contributed by atoms with E-state index in [0.29, 0.717) is 20.5 Å². The zero-order valence-electron chi connectivity index (χ0n) is 10.5. The highest BCUT2D eigenvalue weighted by atomic mass is 79.9. The van der Waals surface area contributed by atoms with E-state index in [4.69, 9.17) is 5.73 Å². The lowest BCUT2D eigenvalue weighted by atomic mass is 10.2. The highest BCUT2D eigenvalue weighted by Gasteiger charge is 2.21. The Bertz CT molecular complexity index is 742. The summed E-state index contributed by atoms with van der Waals surface area (Å²) in [5.41, 5.74) is 7.02. The largest absolute Gasteiger partial charge is 0.326 e. The van der Waals surface area contributed by atoms with Gasteiger partial charge in [0, 0.05) is 15.9 Å². The third kappa shape index (κ3) is 3.43. The van der Waals surface area contributed by atoms with E-state index < -0.39 is 10.0 Å². The quantitative estimate of drug-likeness (QED) is 0.759. The van der Waals surface area contributed by atoms with Gasteiger partial charge < -0.3 is 5.73 Å². The normalized spacial score (nSPS) is 11.6. The van der Waals surface area contributed by atoms with Crippen LogP contribution in [0.25, 0.3) is 0 Å². The fraction of sp³-hybridized carbons (Fsp3) is 0.167. The molecule has 4 nitrogen and oxygen atoms in total. The standard InChI is InChI=1S/C12H12Br2N2O2S2/c1-7-2-3-9(13)10(4-7)16-20(17,18)11-5-8(6-15)19-12(11)14/h2-5,16H,6,15H2,1H3. The summed E-state index contributed by atoms with van der Waals surface area (Å²) in [7, 11) is -3.64. The summed E-state index contributed by atoms with van der Waals surface area (Å²) < 4.78 is 28.7. The van der Waals surface area contributed by atoms with Gasteiger partial charge in [0.1, 0.15) is 4.90 Å². The van der Waals surface area contributed by atoms with E-state index in [9.17, 15) is 8.42 Å². The van der Waals surface area contributed by atoms with Gasteiger partial charge in [-0.1, -0.05) is 6.07 Å². The second-order valence-corrected chi connectivity index (χ2v) is 9.10. The molecule has 3 N–H and O–H groups in total. The molecule has 0 saturated heterocycles. The maximum atomic E-state index is 12.4. The first-order chi connectivity index (χ1) is 9.33. The number of halogens is 2. The molecule has 0 spiro atoms. The van der Waals surface area contributed by atoms with Gasteiger partial charge in [0.15, 0.2) is 0 Å². The minimum Gasteiger partial charge on any atom is -0.326 e. The van der Waals surface area contributed by atoms with Crippen molar-refractivity contribution in [2.45, 2.75) is 18.4 Å². The lowest BCUT2D eigenvalue weighted by Gasteiger charge is -2.10. The van der Waals surface area contributed by atoms with Crippen molar-refractivity contribution < 1.29 is 8.42 Å². The molecule has 1 aromatic heterocycles. The van der Waals surface area contributed by atoms with Crippen LogP contribution in [0, 0.1) is 6.92 Å².